The highest BCUT2D eigenvalue weighted by atomic mass is 35.5. The average Bonchev–Trinajstić information content (AvgIpc) is 2.80. The molecule has 1 aromatic carbocycles. The third-order valence-corrected chi connectivity index (χ3v) is 3.67. The maximum atomic E-state index is 13.3. The van der Waals surface area contributed by atoms with Crippen molar-refractivity contribution in [3.8, 4) is 0 Å². The molecule has 0 atom stereocenters. The molecule has 1 amide bonds. The van der Waals surface area contributed by atoms with Gasteiger partial charge in [0.15, 0.2) is 0 Å². The van der Waals surface area contributed by atoms with Crippen molar-refractivity contribution in [1.82, 2.24) is 5.32 Å². The Hall–Kier alpha value is -1.50. The quantitative estimate of drug-likeness (QED) is 0.887. The van der Waals surface area contributed by atoms with Crippen molar-refractivity contribution in [2.75, 3.05) is 11.9 Å². The lowest BCUT2D eigenvalue weighted by Gasteiger charge is -2.08. The average molecular weight is 317 g/mol. The molecule has 2 rings (SSSR count). The number of hydrogen-bond acceptors (Lipinski definition) is 3. The van der Waals surface area contributed by atoms with Crippen molar-refractivity contribution in [1.29, 1.82) is 0 Å². The predicted octanol–water partition coefficient (Wildman–Crippen LogP) is 3.41. The fourth-order valence-electron chi connectivity index (χ4n) is 1.55. The number of nitrogens with one attached hydrogen (secondary N) is 2. The molecule has 3 nitrogen and oxygen atoms in total. The first-order valence-electron chi connectivity index (χ1n) is 5.75. The van der Waals surface area contributed by atoms with Crippen molar-refractivity contribution >= 4 is 34.5 Å². The van der Waals surface area contributed by atoms with E-state index in [0.29, 0.717) is 10.9 Å². The summed E-state index contributed by atoms with van der Waals surface area (Å²) in [5, 5.41) is 5.06. The smallest absolute Gasteiger partial charge is 0.238 e. The minimum atomic E-state index is -0.802. The van der Waals surface area contributed by atoms with Crippen LogP contribution in [0.5, 0.6) is 0 Å². The van der Waals surface area contributed by atoms with Crippen LogP contribution in [0.3, 0.4) is 0 Å². The summed E-state index contributed by atoms with van der Waals surface area (Å²) in [5.74, 6) is -2.12. The molecule has 106 valence electrons. The number of halogens is 3. The van der Waals surface area contributed by atoms with Crippen molar-refractivity contribution in [3.63, 3.8) is 0 Å². The van der Waals surface area contributed by atoms with Crippen molar-refractivity contribution in [2.45, 2.75) is 6.54 Å². The fourth-order valence-corrected chi connectivity index (χ4v) is 2.60. The van der Waals surface area contributed by atoms with Crippen LogP contribution in [0.2, 0.25) is 4.34 Å². The Kier molecular flexibility index (Phi) is 5.05. The van der Waals surface area contributed by atoms with Gasteiger partial charge in [-0.2, -0.15) is 0 Å². The van der Waals surface area contributed by atoms with Gasteiger partial charge in [0.1, 0.15) is 17.3 Å². The molecular formula is C13H11ClF2N2OS. The second kappa shape index (κ2) is 6.78. The Morgan fingerprint density at radius 1 is 1.20 bits per heavy atom. The van der Waals surface area contributed by atoms with Gasteiger partial charge in [-0.3, -0.25) is 4.79 Å². The van der Waals surface area contributed by atoms with Gasteiger partial charge in [0.2, 0.25) is 5.91 Å². The Bertz CT molecular complexity index is 598. The molecule has 1 aromatic heterocycles. The molecule has 0 unspecified atom stereocenters. The number of benzene rings is 1. The molecule has 0 saturated carbocycles. The third-order valence-electron chi connectivity index (χ3n) is 2.44. The van der Waals surface area contributed by atoms with E-state index in [2.05, 4.69) is 10.6 Å². The summed E-state index contributed by atoms with van der Waals surface area (Å²) in [7, 11) is 0. The van der Waals surface area contributed by atoms with E-state index in [1.54, 1.807) is 6.07 Å². The first-order chi connectivity index (χ1) is 9.56. The van der Waals surface area contributed by atoms with E-state index in [4.69, 9.17) is 11.6 Å². The number of para-hydroxylation sites is 1. The van der Waals surface area contributed by atoms with Crippen LogP contribution in [0.4, 0.5) is 14.5 Å². The van der Waals surface area contributed by atoms with Crippen LogP contribution < -0.4 is 10.6 Å². The van der Waals surface area contributed by atoms with Gasteiger partial charge in [0.25, 0.3) is 0 Å². The number of carbonyl (C=O) groups is 1. The Balaban J connectivity index is 1.84. The summed E-state index contributed by atoms with van der Waals surface area (Å²) in [6.45, 7) is 0.411. The van der Waals surface area contributed by atoms with Crippen LogP contribution in [-0.2, 0) is 11.3 Å². The van der Waals surface area contributed by atoms with E-state index in [9.17, 15) is 13.6 Å². The standard InChI is InChI=1S/C13H11ClF2N2OS/c14-11-5-4-8(20-11)6-17-7-12(19)18-13-9(15)2-1-3-10(13)16/h1-5,17H,6-7H2,(H,18,19). The monoisotopic (exact) mass is 316 g/mol. The van der Waals surface area contributed by atoms with Crippen LogP contribution in [-0.4, -0.2) is 12.5 Å². The zero-order valence-electron chi connectivity index (χ0n) is 10.3. The van der Waals surface area contributed by atoms with Crippen LogP contribution in [0, 0.1) is 11.6 Å². The van der Waals surface area contributed by atoms with Gasteiger partial charge in [-0.15, -0.1) is 11.3 Å². The number of thiophene rings is 1. The number of anilines is 1. The van der Waals surface area contributed by atoms with E-state index in [1.807, 2.05) is 6.07 Å². The zero-order valence-corrected chi connectivity index (χ0v) is 11.8. The Labute approximate surface area is 123 Å². The topological polar surface area (TPSA) is 41.1 Å². The van der Waals surface area contributed by atoms with Crippen LogP contribution in [0.15, 0.2) is 30.3 Å². The van der Waals surface area contributed by atoms with Gasteiger partial charge in [-0.05, 0) is 24.3 Å². The van der Waals surface area contributed by atoms with E-state index >= 15 is 0 Å². The highest BCUT2D eigenvalue weighted by Gasteiger charge is 2.11. The molecule has 0 spiro atoms. The second-order valence-corrected chi connectivity index (χ2v) is 5.75. The molecule has 0 bridgehead atoms. The number of rotatable bonds is 5. The van der Waals surface area contributed by atoms with E-state index in [1.165, 1.54) is 17.4 Å². The summed E-state index contributed by atoms with van der Waals surface area (Å²) in [6.07, 6.45) is 0. The first-order valence-corrected chi connectivity index (χ1v) is 6.94. The normalized spacial score (nSPS) is 10.6. The minimum Gasteiger partial charge on any atom is -0.320 e. The van der Waals surface area contributed by atoms with Gasteiger partial charge < -0.3 is 10.6 Å². The summed E-state index contributed by atoms with van der Waals surface area (Å²) in [5.41, 5.74) is -0.432. The third kappa shape index (κ3) is 4.00. The van der Waals surface area contributed by atoms with Gasteiger partial charge >= 0.3 is 0 Å². The predicted molar refractivity (Wildman–Crippen MR) is 76.0 cm³/mol. The van der Waals surface area contributed by atoms with Crippen molar-refractivity contribution in [2.24, 2.45) is 0 Å². The lowest BCUT2D eigenvalue weighted by atomic mass is 10.3. The maximum absolute atomic E-state index is 13.3. The lowest BCUT2D eigenvalue weighted by Crippen LogP contribution is -2.28. The SMILES string of the molecule is O=C(CNCc1ccc(Cl)s1)Nc1c(F)cccc1F. The molecule has 0 fully saturated rings. The molecule has 2 N–H and O–H groups in total. The van der Waals surface area contributed by atoms with Gasteiger partial charge in [0.05, 0.1) is 10.9 Å². The first kappa shape index (κ1) is 14.9. The molecule has 0 aliphatic rings. The second-order valence-electron chi connectivity index (χ2n) is 3.95. The maximum Gasteiger partial charge on any atom is 0.238 e. The lowest BCUT2D eigenvalue weighted by molar-refractivity contribution is -0.115. The highest BCUT2D eigenvalue weighted by Crippen LogP contribution is 2.21. The molecule has 20 heavy (non-hydrogen) atoms. The van der Waals surface area contributed by atoms with E-state index in [0.717, 1.165) is 17.0 Å². The summed E-state index contributed by atoms with van der Waals surface area (Å²) >= 11 is 7.17. The molecule has 0 saturated heterocycles. The van der Waals surface area contributed by atoms with Crippen molar-refractivity contribution in [3.05, 3.63) is 51.2 Å². The zero-order chi connectivity index (χ0) is 14.5. The molecule has 1 heterocycles. The summed E-state index contributed by atoms with van der Waals surface area (Å²) < 4.78 is 27.3. The van der Waals surface area contributed by atoms with Crippen LogP contribution in [0.1, 0.15) is 4.88 Å². The minimum absolute atomic E-state index is 0.0523. The summed E-state index contributed by atoms with van der Waals surface area (Å²) in [6, 6.07) is 7.01. The Morgan fingerprint density at radius 2 is 1.90 bits per heavy atom. The molecule has 0 radical (unpaired) electrons. The number of amides is 1. The molecule has 0 aliphatic heterocycles. The van der Waals surface area contributed by atoms with Gasteiger partial charge in [0, 0.05) is 11.4 Å². The van der Waals surface area contributed by atoms with Gasteiger partial charge in [-0.25, -0.2) is 8.78 Å². The number of hydrogen-bond donors (Lipinski definition) is 2. The highest BCUT2D eigenvalue weighted by molar-refractivity contribution is 7.16. The van der Waals surface area contributed by atoms with Crippen molar-refractivity contribution < 1.29 is 13.6 Å². The van der Waals surface area contributed by atoms with E-state index in [-0.39, 0.29) is 6.54 Å². The molecule has 0 aliphatic carbocycles. The molecular weight excluding hydrogens is 306 g/mol. The number of carbonyl (C=O) groups excluding carboxylic acids is 1. The molecule has 2 aromatic rings. The van der Waals surface area contributed by atoms with Crippen LogP contribution in [0.25, 0.3) is 0 Å². The van der Waals surface area contributed by atoms with Crippen LogP contribution >= 0.6 is 22.9 Å². The largest absolute Gasteiger partial charge is 0.320 e. The van der Waals surface area contributed by atoms with E-state index < -0.39 is 23.2 Å². The van der Waals surface area contributed by atoms with Gasteiger partial charge in [-0.1, -0.05) is 17.7 Å². The Morgan fingerprint density at radius 3 is 2.50 bits per heavy atom. The molecule has 7 heteroatoms. The summed E-state index contributed by atoms with van der Waals surface area (Å²) in [4.78, 5) is 12.6. The fraction of sp³-hybridized carbons (Fsp3) is 0.154.